The van der Waals surface area contributed by atoms with Crippen LogP contribution in [0.1, 0.15) is 11.3 Å². The Morgan fingerprint density at radius 2 is 2.53 bits per heavy atom. The molecule has 0 aliphatic heterocycles. The molecule has 2 aromatic heterocycles. The Labute approximate surface area is 91.0 Å². The first kappa shape index (κ1) is 9.68. The van der Waals surface area contributed by atoms with Crippen molar-refractivity contribution in [2.75, 3.05) is 5.32 Å². The van der Waals surface area contributed by atoms with Gasteiger partial charge in [-0.05, 0) is 11.6 Å². The molecule has 15 heavy (non-hydrogen) atoms. The van der Waals surface area contributed by atoms with Crippen LogP contribution in [0, 0.1) is 11.3 Å². The Morgan fingerprint density at radius 3 is 3.13 bits per heavy atom. The van der Waals surface area contributed by atoms with Gasteiger partial charge in [0.2, 0.25) is 5.13 Å². The Morgan fingerprint density at radius 1 is 1.67 bits per heavy atom. The smallest absolute Gasteiger partial charge is 0.205 e. The van der Waals surface area contributed by atoms with Gasteiger partial charge in [-0.1, -0.05) is 11.3 Å². The molecule has 0 aliphatic rings. The maximum Gasteiger partial charge on any atom is 0.205 e. The third kappa shape index (κ3) is 2.14. The van der Waals surface area contributed by atoms with E-state index in [9.17, 15) is 0 Å². The number of nitrogens with zero attached hydrogens (tertiary/aromatic N) is 4. The first-order chi connectivity index (χ1) is 7.29. The van der Waals surface area contributed by atoms with E-state index in [1.807, 2.05) is 19.3 Å². The van der Waals surface area contributed by atoms with Gasteiger partial charge in [-0.25, -0.2) is 0 Å². The quantitative estimate of drug-likeness (QED) is 0.846. The molecule has 0 unspecified atom stereocenters. The maximum atomic E-state index is 8.77. The van der Waals surface area contributed by atoms with Crippen LogP contribution in [0.5, 0.6) is 0 Å². The lowest BCUT2D eigenvalue weighted by molar-refractivity contribution is 0.902. The molecule has 0 saturated carbocycles. The fraction of sp³-hybridized carbons (Fsp3) is 0.222. The largest absolute Gasteiger partial charge is 0.356 e. The minimum atomic E-state index is 0.657. The van der Waals surface area contributed by atoms with E-state index in [0.29, 0.717) is 12.2 Å². The average Bonchev–Trinajstić information content (AvgIpc) is 2.83. The molecule has 0 aromatic carbocycles. The van der Waals surface area contributed by atoms with Crippen molar-refractivity contribution in [2.45, 2.75) is 6.54 Å². The van der Waals surface area contributed by atoms with E-state index < -0.39 is 0 Å². The molecule has 0 atom stereocenters. The first-order valence-corrected chi connectivity index (χ1v) is 5.23. The molecule has 0 spiro atoms. The molecule has 1 N–H and O–H groups in total. The monoisotopic (exact) mass is 219 g/mol. The standard InChI is InChI=1S/C9H9N5S/c1-14-5-7(2-8(14)3-10)4-11-9-13-12-6-15-9/h2,5-6H,4H2,1H3,(H,11,13). The Balaban J connectivity index is 2.03. The van der Waals surface area contributed by atoms with Gasteiger partial charge in [0.15, 0.2) is 0 Å². The van der Waals surface area contributed by atoms with Gasteiger partial charge < -0.3 is 9.88 Å². The first-order valence-electron chi connectivity index (χ1n) is 4.35. The molecular formula is C9H9N5S. The van der Waals surface area contributed by atoms with Crippen LogP contribution in [0.4, 0.5) is 5.13 Å². The van der Waals surface area contributed by atoms with E-state index in [2.05, 4.69) is 21.6 Å². The lowest BCUT2D eigenvalue weighted by Crippen LogP contribution is -1.97. The third-order valence-electron chi connectivity index (χ3n) is 1.98. The summed E-state index contributed by atoms with van der Waals surface area (Å²) in [6.07, 6.45) is 1.92. The minimum absolute atomic E-state index is 0.657. The van der Waals surface area contributed by atoms with E-state index in [1.54, 1.807) is 10.1 Å². The molecular weight excluding hydrogens is 210 g/mol. The number of nitriles is 1. The van der Waals surface area contributed by atoms with Gasteiger partial charge in [-0.15, -0.1) is 10.2 Å². The number of aromatic nitrogens is 3. The van der Waals surface area contributed by atoms with Crippen molar-refractivity contribution < 1.29 is 0 Å². The van der Waals surface area contributed by atoms with Crippen LogP contribution < -0.4 is 5.32 Å². The van der Waals surface area contributed by atoms with Crippen molar-refractivity contribution in [1.82, 2.24) is 14.8 Å². The SMILES string of the molecule is Cn1cc(CNc2nncs2)cc1C#N. The van der Waals surface area contributed by atoms with Gasteiger partial charge in [0.1, 0.15) is 17.3 Å². The van der Waals surface area contributed by atoms with E-state index in [-0.39, 0.29) is 0 Å². The van der Waals surface area contributed by atoms with E-state index in [4.69, 9.17) is 5.26 Å². The second kappa shape index (κ2) is 4.11. The number of hydrogen-bond acceptors (Lipinski definition) is 5. The summed E-state index contributed by atoms with van der Waals surface area (Å²) in [5, 5.41) is 20.3. The summed E-state index contributed by atoms with van der Waals surface area (Å²) in [5.74, 6) is 0. The van der Waals surface area contributed by atoms with Gasteiger partial charge in [0.25, 0.3) is 0 Å². The highest BCUT2D eigenvalue weighted by Crippen LogP contribution is 2.12. The average molecular weight is 219 g/mol. The zero-order chi connectivity index (χ0) is 10.7. The zero-order valence-electron chi connectivity index (χ0n) is 8.14. The fourth-order valence-corrected chi connectivity index (χ4v) is 1.71. The topological polar surface area (TPSA) is 66.5 Å². The molecule has 0 amide bonds. The Kier molecular flexibility index (Phi) is 2.65. The molecule has 2 aromatic rings. The van der Waals surface area contributed by atoms with Gasteiger partial charge in [0.05, 0.1) is 0 Å². The van der Waals surface area contributed by atoms with Crippen LogP contribution in [0.3, 0.4) is 0 Å². The predicted molar refractivity (Wildman–Crippen MR) is 57.4 cm³/mol. The predicted octanol–water partition coefficient (Wildman–Crippen LogP) is 1.36. The van der Waals surface area contributed by atoms with E-state index in [0.717, 1.165) is 10.7 Å². The number of aryl methyl sites for hydroxylation is 1. The minimum Gasteiger partial charge on any atom is -0.356 e. The molecule has 2 rings (SSSR count). The number of hydrogen-bond donors (Lipinski definition) is 1. The highest BCUT2D eigenvalue weighted by atomic mass is 32.1. The van der Waals surface area contributed by atoms with Crippen LogP contribution >= 0.6 is 11.3 Å². The molecule has 0 saturated heterocycles. The van der Waals surface area contributed by atoms with E-state index >= 15 is 0 Å². The molecule has 0 fully saturated rings. The van der Waals surface area contributed by atoms with Gasteiger partial charge in [0, 0.05) is 19.8 Å². The highest BCUT2D eigenvalue weighted by molar-refractivity contribution is 7.13. The van der Waals surface area contributed by atoms with Crippen LogP contribution in [-0.2, 0) is 13.6 Å². The van der Waals surface area contributed by atoms with Gasteiger partial charge in [-0.2, -0.15) is 5.26 Å². The van der Waals surface area contributed by atoms with Gasteiger partial charge in [-0.3, -0.25) is 0 Å². The summed E-state index contributed by atoms with van der Waals surface area (Å²) in [6, 6.07) is 3.97. The molecule has 5 nitrogen and oxygen atoms in total. The summed E-state index contributed by atoms with van der Waals surface area (Å²) in [4.78, 5) is 0. The summed E-state index contributed by atoms with van der Waals surface area (Å²) >= 11 is 1.45. The maximum absolute atomic E-state index is 8.77. The number of nitrogens with one attached hydrogen (secondary N) is 1. The normalized spacial score (nSPS) is 9.87. The summed E-state index contributed by atoms with van der Waals surface area (Å²) in [5.41, 5.74) is 3.39. The molecule has 6 heteroatoms. The highest BCUT2D eigenvalue weighted by Gasteiger charge is 2.02. The summed E-state index contributed by atoms with van der Waals surface area (Å²) in [7, 11) is 1.85. The second-order valence-corrected chi connectivity index (χ2v) is 3.89. The second-order valence-electron chi connectivity index (χ2n) is 3.05. The Bertz CT molecular complexity index is 479. The lowest BCUT2D eigenvalue weighted by atomic mass is 10.3. The number of rotatable bonds is 3. The number of anilines is 1. The van der Waals surface area contributed by atoms with Crippen molar-refractivity contribution in [2.24, 2.45) is 7.05 Å². The van der Waals surface area contributed by atoms with Crippen molar-refractivity contribution in [3.05, 3.63) is 29.0 Å². The van der Waals surface area contributed by atoms with Crippen LogP contribution in [0.2, 0.25) is 0 Å². The molecule has 0 aliphatic carbocycles. The van der Waals surface area contributed by atoms with Crippen molar-refractivity contribution in [1.29, 1.82) is 5.26 Å². The lowest BCUT2D eigenvalue weighted by Gasteiger charge is -1.97. The van der Waals surface area contributed by atoms with Crippen molar-refractivity contribution >= 4 is 16.5 Å². The van der Waals surface area contributed by atoms with Crippen molar-refractivity contribution in [3.63, 3.8) is 0 Å². The van der Waals surface area contributed by atoms with Crippen LogP contribution in [0.25, 0.3) is 0 Å². The van der Waals surface area contributed by atoms with E-state index in [1.165, 1.54) is 11.3 Å². The molecule has 2 heterocycles. The van der Waals surface area contributed by atoms with Crippen LogP contribution in [-0.4, -0.2) is 14.8 Å². The Hall–Kier alpha value is -1.87. The zero-order valence-corrected chi connectivity index (χ0v) is 8.95. The fourth-order valence-electron chi connectivity index (χ4n) is 1.27. The van der Waals surface area contributed by atoms with Crippen LogP contribution in [0.15, 0.2) is 17.8 Å². The summed E-state index contributed by atoms with van der Waals surface area (Å²) < 4.78 is 1.80. The third-order valence-corrected chi connectivity index (χ3v) is 2.63. The molecule has 0 bridgehead atoms. The van der Waals surface area contributed by atoms with Gasteiger partial charge >= 0.3 is 0 Å². The molecule has 76 valence electrons. The molecule has 0 radical (unpaired) electrons. The van der Waals surface area contributed by atoms with Crippen molar-refractivity contribution in [3.8, 4) is 6.07 Å². The summed E-state index contributed by atoms with van der Waals surface area (Å²) in [6.45, 7) is 0.657.